The predicted molar refractivity (Wildman–Crippen MR) is 84.7 cm³/mol. The fourth-order valence-electron chi connectivity index (χ4n) is 3.69. The molecule has 2 saturated carbocycles. The Balaban J connectivity index is 1.69. The predicted octanol–water partition coefficient (Wildman–Crippen LogP) is 2.43. The number of hydrogen-bond acceptors (Lipinski definition) is 4. The fraction of sp³-hybridized carbons (Fsp3) is 0.588. The highest BCUT2D eigenvalue weighted by Gasteiger charge is 2.27. The van der Waals surface area contributed by atoms with Crippen molar-refractivity contribution in [2.24, 2.45) is 0 Å². The third kappa shape index (κ3) is 2.56. The van der Waals surface area contributed by atoms with Crippen molar-refractivity contribution >= 4 is 0 Å². The number of aromatic nitrogens is 3. The van der Waals surface area contributed by atoms with Gasteiger partial charge in [-0.1, -0.05) is 19.3 Å². The zero-order valence-electron chi connectivity index (χ0n) is 13.1. The zero-order chi connectivity index (χ0) is 15.8. The first-order valence-corrected chi connectivity index (χ1v) is 8.48. The minimum absolute atomic E-state index is 0.202. The van der Waals surface area contributed by atoms with Crippen LogP contribution in [0.1, 0.15) is 68.4 Å². The van der Waals surface area contributed by atoms with Crippen LogP contribution in [0.25, 0.3) is 0 Å². The second-order valence-corrected chi connectivity index (χ2v) is 6.66. The van der Waals surface area contributed by atoms with Crippen molar-refractivity contribution in [2.45, 2.75) is 63.5 Å². The molecule has 2 aliphatic carbocycles. The van der Waals surface area contributed by atoms with Gasteiger partial charge in [-0.15, -0.1) is 0 Å². The average Bonchev–Trinajstić information content (AvgIpc) is 3.14. The second-order valence-electron chi connectivity index (χ2n) is 6.66. The summed E-state index contributed by atoms with van der Waals surface area (Å²) in [6.07, 6.45) is 10.8. The molecule has 0 saturated heterocycles. The summed E-state index contributed by atoms with van der Waals surface area (Å²) in [6.45, 7) is 0.202. The first kappa shape index (κ1) is 14.5. The quantitative estimate of drug-likeness (QED) is 0.869. The topological polar surface area (TPSA) is 70.0 Å². The lowest BCUT2D eigenvalue weighted by Gasteiger charge is -2.23. The lowest BCUT2D eigenvalue weighted by Crippen LogP contribution is -2.40. The largest absolute Gasteiger partial charge is 0.448 e. The summed E-state index contributed by atoms with van der Waals surface area (Å²) in [5.41, 5.74) is 0.219. The van der Waals surface area contributed by atoms with E-state index in [4.69, 9.17) is 4.42 Å². The molecule has 0 aromatic carbocycles. The SMILES string of the molecule is O=c1ccn(C2CCCC2)c(=O)n1Cc1ncoc1C1CCC1. The molecule has 0 aliphatic heterocycles. The molecule has 6 heteroatoms. The molecule has 0 N–H and O–H groups in total. The van der Waals surface area contributed by atoms with Crippen molar-refractivity contribution < 1.29 is 4.42 Å². The summed E-state index contributed by atoms with van der Waals surface area (Å²) < 4.78 is 8.52. The van der Waals surface area contributed by atoms with Crippen molar-refractivity contribution in [1.29, 1.82) is 0 Å². The molecule has 2 fully saturated rings. The average molecular weight is 315 g/mol. The van der Waals surface area contributed by atoms with Crippen LogP contribution >= 0.6 is 0 Å². The maximum absolute atomic E-state index is 12.7. The number of rotatable bonds is 4. The van der Waals surface area contributed by atoms with E-state index in [1.54, 1.807) is 10.8 Å². The molecule has 2 heterocycles. The molecule has 2 aromatic heterocycles. The van der Waals surface area contributed by atoms with Gasteiger partial charge in [0.2, 0.25) is 0 Å². The van der Waals surface area contributed by atoms with Crippen LogP contribution in [0.5, 0.6) is 0 Å². The summed E-state index contributed by atoms with van der Waals surface area (Å²) in [5, 5.41) is 0. The molecule has 0 atom stereocenters. The molecule has 23 heavy (non-hydrogen) atoms. The first-order valence-electron chi connectivity index (χ1n) is 8.48. The minimum Gasteiger partial charge on any atom is -0.448 e. The highest BCUT2D eigenvalue weighted by molar-refractivity contribution is 5.15. The van der Waals surface area contributed by atoms with Crippen LogP contribution in [0.3, 0.4) is 0 Å². The van der Waals surface area contributed by atoms with Crippen molar-refractivity contribution in [3.05, 3.63) is 50.9 Å². The minimum atomic E-state index is -0.271. The Labute approximate surface area is 133 Å². The zero-order valence-corrected chi connectivity index (χ0v) is 13.1. The van der Waals surface area contributed by atoms with Gasteiger partial charge in [0.15, 0.2) is 6.39 Å². The Hall–Kier alpha value is -2.11. The highest BCUT2D eigenvalue weighted by atomic mass is 16.3. The monoisotopic (exact) mass is 315 g/mol. The van der Waals surface area contributed by atoms with Crippen LogP contribution in [0.4, 0.5) is 0 Å². The Morgan fingerprint density at radius 2 is 1.91 bits per heavy atom. The number of nitrogens with zero attached hydrogens (tertiary/aromatic N) is 3. The van der Waals surface area contributed by atoms with Gasteiger partial charge in [-0.3, -0.25) is 13.9 Å². The van der Waals surface area contributed by atoms with Gasteiger partial charge in [-0.05, 0) is 25.7 Å². The Morgan fingerprint density at radius 1 is 1.13 bits per heavy atom. The molecule has 122 valence electrons. The summed E-state index contributed by atoms with van der Waals surface area (Å²) in [4.78, 5) is 29.2. The van der Waals surface area contributed by atoms with Crippen LogP contribution in [-0.4, -0.2) is 14.1 Å². The Kier molecular flexibility index (Phi) is 3.67. The van der Waals surface area contributed by atoms with Gasteiger partial charge in [0, 0.05) is 24.2 Å². The van der Waals surface area contributed by atoms with E-state index in [1.807, 2.05) is 0 Å². The van der Waals surface area contributed by atoms with Crippen LogP contribution in [0.15, 0.2) is 32.7 Å². The number of hydrogen-bond donors (Lipinski definition) is 0. The fourth-order valence-corrected chi connectivity index (χ4v) is 3.69. The number of oxazole rings is 1. The first-order chi connectivity index (χ1) is 11.2. The van der Waals surface area contributed by atoms with E-state index in [0.29, 0.717) is 5.92 Å². The van der Waals surface area contributed by atoms with Crippen molar-refractivity contribution in [3.63, 3.8) is 0 Å². The normalized spacial score (nSPS) is 19.1. The smallest absolute Gasteiger partial charge is 0.331 e. The van der Waals surface area contributed by atoms with Gasteiger partial charge in [0.25, 0.3) is 5.56 Å². The van der Waals surface area contributed by atoms with Crippen LogP contribution < -0.4 is 11.2 Å². The van der Waals surface area contributed by atoms with E-state index in [-0.39, 0.29) is 23.8 Å². The van der Waals surface area contributed by atoms with Gasteiger partial charge in [0.1, 0.15) is 11.5 Å². The molecule has 2 aliphatic rings. The van der Waals surface area contributed by atoms with Crippen molar-refractivity contribution in [3.8, 4) is 0 Å². The third-order valence-electron chi connectivity index (χ3n) is 5.27. The highest BCUT2D eigenvalue weighted by Crippen LogP contribution is 2.37. The van der Waals surface area contributed by atoms with E-state index < -0.39 is 0 Å². The lowest BCUT2D eigenvalue weighted by atomic mass is 9.83. The molecule has 0 amide bonds. The third-order valence-corrected chi connectivity index (χ3v) is 5.27. The van der Waals surface area contributed by atoms with E-state index in [0.717, 1.165) is 50.0 Å². The van der Waals surface area contributed by atoms with Gasteiger partial charge in [0.05, 0.1) is 6.54 Å². The molecular formula is C17H21N3O3. The van der Waals surface area contributed by atoms with Gasteiger partial charge in [-0.25, -0.2) is 9.78 Å². The van der Waals surface area contributed by atoms with E-state index in [9.17, 15) is 9.59 Å². The summed E-state index contributed by atoms with van der Waals surface area (Å²) in [6, 6.07) is 1.71. The molecule has 0 spiro atoms. The second kappa shape index (κ2) is 5.83. The molecule has 0 bridgehead atoms. The van der Waals surface area contributed by atoms with E-state index >= 15 is 0 Å². The standard InChI is InChI=1S/C17H21N3O3/c21-15-8-9-19(13-6-1-2-7-13)17(22)20(15)10-14-16(23-11-18-14)12-4-3-5-12/h8-9,11-13H,1-7,10H2. The van der Waals surface area contributed by atoms with Crippen LogP contribution in [0, 0.1) is 0 Å². The maximum Gasteiger partial charge on any atom is 0.331 e. The van der Waals surface area contributed by atoms with E-state index in [2.05, 4.69) is 4.98 Å². The van der Waals surface area contributed by atoms with Crippen LogP contribution in [0.2, 0.25) is 0 Å². The summed E-state index contributed by atoms with van der Waals surface area (Å²) in [7, 11) is 0. The molecule has 4 rings (SSSR count). The molecule has 2 aromatic rings. The lowest BCUT2D eigenvalue weighted by molar-refractivity contribution is 0.342. The Bertz CT molecular complexity index is 807. The summed E-state index contributed by atoms with van der Waals surface area (Å²) in [5.74, 6) is 1.24. The molecule has 0 radical (unpaired) electrons. The Morgan fingerprint density at radius 3 is 2.61 bits per heavy atom. The molecular weight excluding hydrogens is 294 g/mol. The van der Waals surface area contributed by atoms with Crippen molar-refractivity contribution in [1.82, 2.24) is 14.1 Å². The van der Waals surface area contributed by atoms with E-state index in [1.165, 1.54) is 23.4 Å². The van der Waals surface area contributed by atoms with Gasteiger partial charge >= 0.3 is 5.69 Å². The van der Waals surface area contributed by atoms with Crippen molar-refractivity contribution in [2.75, 3.05) is 0 Å². The maximum atomic E-state index is 12.7. The summed E-state index contributed by atoms with van der Waals surface area (Å²) >= 11 is 0. The van der Waals surface area contributed by atoms with Gasteiger partial charge < -0.3 is 4.42 Å². The molecule has 6 nitrogen and oxygen atoms in total. The molecule has 0 unspecified atom stereocenters. The van der Waals surface area contributed by atoms with Gasteiger partial charge in [-0.2, -0.15) is 0 Å². The van der Waals surface area contributed by atoms with Crippen LogP contribution in [-0.2, 0) is 6.54 Å².